The quantitative estimate of drug-likeness (QED) is 0.0335. The second-order valence-electron chi connectivity index (χ2n) is 31.9. The summed E-state index contributed by atoms with van der Waals surface area (Å²) in [4.78, 5) is 39.7. The molecule has 2 amide bonds. The highest BCUT2D eigenvalue weighted by molar-refractivity contribution is 6.84. The number of hydrogen-bond donors (Lipinski definition) is 4. The Kier molecular flexibility index (Phi) is 23.5. The number of nitrogens with one attached hydrogen (secondary N) is 4. The van der Waals surface area contributed by atoms with Crippen LogP contribution < -0.4 is 21.3 Å². The smallest absolute Gasteiger partial charge is 0.251 e. The fourth-order valence-corrected chi connectivity index (χ4v) is 16.9. The summed E-state index contributed by atoms with van der Waals surface area (Å²) in [5, 5.41) is 14.9. The minimum atomic E-state index is -1.53. The molecule has 8 aromatic rings. The van der Waals surface area contributed by atoms with Gasteiger partial charge >= 0.3 is 0 Å². The molecule has 5 aliphatic carbocycles. The van der Waals surface area contributed by atoms with Crippen molar-refractivity contribution >= 4 is 39.6 Å². The molecule has 0 heterocycles. The van der Waals surface area contributed by atoms with Crippen molar-refractivity contribution in [3.05, 3.63) is 215 Å². The number of rotatable bonds is 16. The molecule has 0 saturated heterocycles. The normalized spacial score (nSPS) is 18.4. The van der Waals surface area contributed by atoms with Crippen molar-refractivity contribution in [2.24, 2.45) is 9.98 Å². The van der Waals surface area contributed by atoms with Crippen molar-refractivity contribution in [2.75, 3.05) is 0 Å². The Hall–Kier alpha value is -8.81. The van der Waals surface area contributed by atoms with E-state index in [-0.39, 0.29) is 23.9 Å². The third kappa shape index (κ3) is 18.9. The Labute approximate surface area is 611 Å². The first-order valence-electron chi connectivity index (χ1n) is 38.9. The van der Waals surface area contributed by atoms with E-state index in [0.29, 0.717) is 35.3 Å². The molecule has 13 rings (SSSR count). The van der Waals surface area contributed by atoms with E-state index in [1.54, 1.807) is 0 Å². The summed E-state index contributed by atoms with van der Waals surface area (Å²) < 4.78 is 0. The number of benzene rings is 8. The van der Waals surface area contributed by atoms with Crippen LogP contribution in [0.4, 0.5) is 0 Å². The van der Waals surface area contributed by atoms with E-state index in [1.807, 2.05) is 24.3 Å². The Morgan fingerprint density at radius 1 is 0.314 bits per heavy atom. The van der Waals surface area contributed by atoms with Crippen LogP contribution in [0.5, 0.6) is 0 Å². The number of carbonyl (C=O) groups excluding carboxylic acids is 2. The zero-order valence-electron chi connectivity index (χ0n) is 61.5. The third-order valence-electron chi connectivity index (χ3n) is 21.6. The zero-order chi connectivity index (χ0) is 70.4. The maximum Gasteiger partial charge on any atom is 0.251 e. The van der Waals surface area contributed by atoms with Crippen LogP contribution >= 0.6 is 0 Å². The molecule has 10 heteroatoms. The van der Waals surface area contributed by atoms with Crippen LogP contribution in [0.25, 0.3) is 66.8 Å². The van der Waals surface area contributed by atoms with E-state index in [4.69, 9.17) is 9.98 Å². The lowest BCUT2D eigenvalue weighted by Gasteiger charge is -2.33. The van der Waals surface area contributed by atoms with Gasteiger partial charge < -0.3 is 21.3 Å². The zero-order valence-corrected chi connectivity index (χ0v) is 63.5. The highest BCUT2D eigenvalue weighted by Gasteiger charge is 2.31. The molecule has 2 atom stereocenters. The lowest BCUT2D eigenvalue weighted by Crippen LogP contribution is -2.53. The number of hydrogen-bond acceptors (Lipinski definition) is 4. The first-order valence-corrected chi connectivity index (χ1v) is 45.9. The van der Waals surface area contributed by atoms with E-state index in [1.165, 1.54) is 110 Å². The Bertz CT molecular complexity index is 4080. The molecular formula is C92H106N6O2Si2. The highest BCUT2D eigenvalue weighted by Crippen LogP contribution is 2.39. The average Bonchev–Trinajstić information content (AvgIpc) is 0.780. The summed E-state index contributed by atoms with van der Waals surface area (Å²) in [5.41, 5.74) is 26.3. The summed E-state index contributed by atoms with van der Waals surface area (Å²) in [5.74, 6) is 8.74. The van der Waals surface area contributed by atoms with Gasteiger partial charge in [-0.05, 0) is 180 Å². The van der Waals surface area contributed by atoms with Gasteiger partial charge in [-0.15, -0.1) is 11.1 Å². The summed E-state index contributed by atoms with van der Waals surface area (Å²) in [6, 6.07) is 66.0. The average molecular weight is 1380 g/mol. The van der Waals surface area contributed by atoms with Gasteiger partial charge in [0.1, 0.15) is 27.8 Å². The van der Waals surface area contributed by atoms with Crippen LogP contribution in [0.2, 0.25) is 39.3 Å². The molecule has 0 unspecified atom stereocenters. The van der Waals surface area contributed by atoms with Crippen LogP contribution in [-0.2, 0) is 0 Å². The van der Waals surface area contributed by atoms with Crippen LogP contribution in [0, 0.1) is 22.9 Å². The van der Waals surface area contributed by atoms with Gasteiger partial charge in [0.25, 0.3) is 11.8 Å². The molecule has 0 aromatic heterocycles. The molecule has 0 bridgehead atoms. The summed E-state index contributed by atoms with van der Waals surface area (Å²) in [6.07, 6.45) is 27.8. The molecule has 8 nitrogen and oxygen atoms in total. The van der Waals surface area contributed by atoms with E-state index in [9.17, 15) is 9.59 Å². The predicted octanol–water partition coefficient (Wildman–Crippen LogP) is 21.6. The van der Waals surface area contributed by atoms with E-state index in [2.05, 4.69) is 241 Å². The van der Waals surface area contributed by atoms with Crippen LogP contribution in [0.1, 0.15) is 197 Å². The number of amidine groups is 2. The minimum absolute atomic E-state index is 0.130. The number of aliphatic imine (C=N–C) groups is 2. The molecule has 0 spiro atoms. The van der Waals surface area contributed by atoms with Gasteiger partial charge in [-0.3, -0.25) is 19.6 Å². The van der Waals surface area contributed by atoms with Gasteiger partial charge in [0.2, 0.25) is 0 Å². The molecule has 5 fully saturated rings. The number of nitrogens with zero attached hydrogens (tertiary/aromatic N) is 2. The third-order valence-corrected chi connectivity index (χ3v) is 23.3. The molecule has 8 aromatic carbocycles. The highest BCUT2D eigenvalue weighted by atomic mass is 28.3. The van der Waals surface area contributed by atoms with Gasteiger partial charge in [-0.25, -0.2) is 0 Å². The van der Waals surface area contributed by atoms with E-state index in [0.717, 1.165) is 144 Å². The molecular weight excluding hydrogens is 1280 g/mol. The molecule has 524 valence electrons. The van der Waals surface area contributed by atoms with Crippen molar-refractivity contribution in [3.8, 4) is 89.7 Å². The molecule has 5 aliphatic rings. The van der Waals surface area contributed by atoms with E-state index >= 15 is 0 Å². The van der Waals surface area contributed by atoms with Crippen molar-refractivity contribution in [1.29, 1.82) is 0 Å². The first-order chi connectivity index (χ1) is 49.6. The van der Waals surface area contributed by atoms with Crippen LogP contribution in [0.3, 0.4) is 0 Å². The summed E-state index contributed by atoms with van der Waals surface area (Å²) >= 11 is 0. The van der Waals surface area contributed by atoms with Crippen molar-refractivity contribution in [2.45, 2.75) is 230 Å². The monoisotopic (exact) mass is 1380 g/mol. The Balaban J connectivity index is 0.690. The first kappa shape index (κ1) is 71.6. The topological polar surface area (TPSA) is 107 Å². The number of carbonyl (C=O) groups is 2. The Morgan fingerprint density at radius 2 is 0.578 bits per heavy atom. The molecule has 5 saturated carbocycles. The lowest BCUT2D eigenvalue weighted by molar-refractivity contribution is 0.0863. The fourth-order valence-electron chi connectivity index (χ4n) is 15.9. The van der Waals surface area contributed by atoms with Crippen molar-refractivity contribution in [1.82, 2.24) is 21.3 Å². The van der Waals surface area contributed by atoms with Gasteiger partial charge in [0.05, 0.1) is 12.1 Å². The fraction of sp³-hybridized carbons (Fsp3) is 0.391. The molecule has 0 aliphatic heterocycles. The van der Waals surface area contributed by atoms with Crippen molar-refractivity contribution in [3.63, 3.8) is 0 Å². The lowest BCUT2D eigenvalue weighted by atomic mass is 9.88. The summed E-state index contributed by atoms with van der Waals surface area (Å²) in [7, 11) is -3.06. The molecule has 0 radical (unpaired) electrons. The van der Waals surface area contributed by atoms with E-state index < -0.39 is 16.1 Å². The second kappa shape index (κ2) is 33.5. The Morgan fingerprint density at radius 3 is 0.882 bits per heavy atom. The standard InChI is InChI=1S/C92H106N6O2Si2/c1-101(2,3)63-61-65-37-41-71(42-38-65)81-31-21-33-83(87(81)89(93-77-23-11-7-12-24-77)94-78-25-13-8-14-26-78)73-53-45-67(46-54-73)69-49-57-75(58-50-69)91(99)97-85-35-19-20-36-86(85)98-92(100)76-59-51-70(52-60-76)68-47-55-74(56-48-68)84-34-22-32-82(72-43-39-66(40-44-72)62-64-102(4,5)6)88(84)90(95-79-27-15-9-16-28-79)96-80-29-17-10-18-30-80/h21-22,31-34,37-60,77-80,85-86H,7-20,23-30,35-36H2,1-6H3,(H,93,94)(H,95,96)(H,97,99)(H,98,100)/t85-,86-/m1/s1. The second-order valence-corrected chi connectivity index (χ2v) is 41.4. The SMILES string of the molecule is C[Si](C)(C)C#Cc1ccc(-c2cccc(-c3ccc(-c4ccc(C(=O)N[C@@H]5CCCC[C@H]5NC(=O)c5ccc(-c6ccc(-c7cccc(-c8ccc(C#C[Si](C)(C)C)cc8)c7C(=NC7CCCCC7)NC7CCCCC7)cc6)cc5)cc4)cc3)c2C(=NC2CCCCC2)NC2CCCCC2)cc1. The maximum atomic E-state index is 14.2. The van der Waals surface area contributed by atoms with Gasteiger partial charge in [0.15, 0.2) is 0 Å². The molecule has 102 heavy (non-hydrogen) atoms. The largest absolute Gasteiger partial charge is 0.367 e. The van der Waals surface area contributed by atoms with Crippen molar-refractivity contribution < 1.29 is 9.59 Å². The summed E-state index contributed by atoms with van der Waals surface area (Å²) in [6.45, 7) is 13.7. The van der Waals surface area contributed by atoms with Gasteiger partial charge in [-0.1, -0.05) is 274 Å². The van der Waals surface area contributed by atoms with Gasteiger partial charge in [0, 0.05) is 57.5 Å². The van der Waals surface area contributed by atoms with Crippen LogP contribution in [-0.4, -0.2) is 75.9 Å². The molecule has 4 N–H and O–H groups in total. The van der Waals surface area contributed by atoms with Crippen LogP contribution in [0.15, 0.2) is 192 Å². The predicted molar refractivity (Wildman–Crippen MR) is 434 cm³/mol. The maximum absolute atomic E-state index is 14.2. The van der Waals surface area contributed by atoms with Gasteiger partial charge in [-0.2, -0.15) is 0 Å². The minimum Gasteiger partial charge on any atom is -0.367 e. The number of amides is 2.